The van der Waals surface area contributed by atoms with Gasteiger partial charge in [0.2, 0.25) is 6.19 Å². The molecule has 0 radical (unpaired) electrons. The molecule has 0 amide bonds. The van der Waals surface area contributed by atoms with Gasteiger partial charge in [0.1, 0.15) is 0 Å². The van der Waals surface area contributed by atoms with E-state index < -0.39 is 0 Å². The van der Waals surface area contributed by atoms with Crippen LogP contribution in [0.25, 0.3) is 0 Å². The number of benzene rings is 1. The molecule has 1 aliphatic heterocycles. The van der Waals surface area contributed by atoms with Crippen LogP contribution in [0.15, 0.2) is 40.5 Å². The summed E-state index contributed by atoms with van der Waals surface area (Å²) in [5.74, 6) is 0. The van der Waals surface area contributed by atoms with Crippen LogP contribution in [0.1, 0.15) is 52.5 Å². The molecule has 1 aromatic carbocycles. The fraction of sp³-hybridized carbons (Fsp3) is 0.474. The summed E-state index contributed by atoms with van der Waals surface area (Å²) in [6.45, 7) is 8.41. The third kappa shape index (κ3) is 5.04. The standard InChI is InChI=1S/C12H15N.C7H12N2/c1-9-8-11-6-4-5-7-12(11)13(3)10(9)2;1-3-4-5-7(2)9-6-8/h4-7H,8H2,1-3H3;3-5H2,1-2H3. The van der Waals surface area contributed by atoms with Crippen molar-refractivity contribution >= 4 is 11.4 Å². The summed E-state index contributed by atoms with van der Waals surface area (Å²) in [5, 5.41) is 8.10. The van der Waals surface area contributed by atoms with Crippen molar-refractivity contribution in [1.82, 2.24) is 0 Å². The predicted molar refractivity (Wildman–Crippen MR) is 95.2 cm³/mol. The lowest BCUT2D eigenvalue weighted by molar-refractivity contribution is 0.833. The first kappa shape index (κ1) is 18.0. The first-order chi connectivity index (χ1) is 10.5. The van der Waals surface area contributed by atoms with Gasteiger partial charge < -0.3 is 4.90 Å². The van der Waals surface area contributed by atoms with Crippen molar-refractivity contribution in [2.45, 2.75) is 53.4 Å². The number of para-hydroxylation sites is 1. The minimum absolute atomic E-state index is 0.944. The molecule has 118 valence electrons. The zero-order chi connectivity index (χ0) is 16.5. The molecule has 3 nitrogen and oxygen atoms in total. The monoisotopic (exact) mass is 297 g/mol. The molecule has 2 rings (SSSR count). The summed E-state index contributed by atoms with van der Waals surface area (Å²) in [4.78, 5) is 5.86. The molecule has 0 unspecified atom stereocenters. The normalized spacial score (nSPS) is 14.0. The van der Waals surface area contributed by atoms with E-state index in [4.69, 9.17) is 5.26 Å². The van der Waals surface area contributed by atoms with Gasteiger partial charge in [0.05, 0.1) is 0 Å². The van der Waals surface area contributed by atoms with Crippen molar-refractivity contribution in [3.05, 3.63) is 41.1 Å². The number of allylic oxidation sites excluding steroid dienone is 2. The minimum atomic E-state index is 0.944. The SMILES string of the molecule is CC1=C(C)N(C)c2ccccc2C1.CCCCC(C)=NC#N. The van der Waals surface area contributed by atoms with Crippen molar-refractivity contribution in [2.24, 2.45) is 4.99 Å². The molecule has 22 heavy (non-hydrogen) atoms. The van der Waals surface area contributed by atoms with Crippen LogP contribution in [0.5, 0.6) is 0 Å². The van der Waals surface area contributed by atoms with Gasteiger partial charge in [-0.1, -0.05) is 31.5 Å². The fourth-order valence-corrected chi connectivity index (χ4v) is 2.44. The second kappa shape index (κ2) is 9.04. The van der Waals surface area contributed by atoms with E-state index in [1.54, 1.807) is 6.19 Å². The summed E-state index contributed by atoms with van der Waals surface area (Å²) >= 11 is 0. The number of fused-ring (bicyclic) bond motifs is 1. The van der Waals surface area contributed by atoms with Crippen LogP contribution in [0.4, 0.5) is 5.69 Å². The Hall–Kier alpha value is -2.08. The Balaban J connectivity index is 0.000000239. The fourth-order valence-electron chi connectivity index (χ4n) is 2.44. The van der Waals surface area contributed by atoms with Gasteiger partial charge in [-0.25, -0.2) is 0 Å². The van der Waals surface area contributed by atoms with Crippen LogP contribution >= 0.6 is 0 Å². The number of unbranched alkanes of at least 4 members (excludes halogenated alkanes) is 1. The van der Waals surface area contributed by atoms with Gasteiger partial charge in [-0.05, 0) is 57.2 Å². The maximum absolute atomic E-state index is 8.10. The van der Waals surface area contributed by atoms with E-state index in [9.17, 15) is 0 Å². The molecule has 0 spiro atoms. The highest BCUT2D eigenvalue weighted by atomic mass is 15.1. The van der Waals surface area contributed by atoms with E-state index in [1.165, 1.54) is 22.5 Å². The van der Waals surface area contributed by atoms with E-state index in [0.29, 0.717) is 0 Å². The lowest BCUT2D eigenvalue weighted by Gasteiger charge is -2.29. The van der Waals surface area contributed by atoms with Gasteiger partial charge in [0.15, 0.2) is 0 Å². The highest BCUT2D eigenvalue weighted by Gasteiger charge is 2.15. The molecule has 3 heteroatoms. The van der Waals surface area contributed by atoms with Gasteiger partial charge in [-0.3, -0.25) is 0 Å². The molecule has 1 aliphatic rings. The molecule has 0 saturated heterocycles. The highest BCUT2D eigenvalue weighted by molar-refractivity contribution is 5.82. The minimum Gasteiger partial charge on any atom is -0.348 e. The summed E-state index contributed by atoms with van der Waals surface area (Å²) in [6.07, 6.45) is 6.13. The van der Waals surface area contributed by atoms with E-state index >= 15 is 0 Å². The molecule has 0 saturated carbocycles. The van der Waals surface area contributed by atoms with Crippen molar-refractivity contribution < 1.29 is 0 Å². The predicted octanol–water partition coefficient (Wildman–Crippen LogP) is 5.09. The molecule has 0 aliphatic carbocycles. The molecule has 1 aromatic rings. The first-order valence-electron chi connectivity index (χ1n) is 7.91. The zero-order valence-electron chi connectivity index (χ0n) is 14.5. The van der Waals surface area contributed by atoms with Gasteiger partial charge in [-0.2, -0.15) is 10.3 Å². The van der Waals surface area contributed by atoms with E-state index in [0.717, 1.165) is 31.4 Å². The third-order valence-electron chi connectivity index (χ3n) is 4.06. The second-order valence-corrected chi connectivity index (χ2v) is 5.78. The summed E-state index contributed by atoms with van der Waals surface area (Å²) < 4.78 is 0. The van der Waals surface area contributed by atoms with Crippen LogP contribution in [0.3, 0.4) is 0 Å². The largest absolute Gasteiger partial charge is 0.348 e. The number of nitrogens with zero attached hydrogens (tertiary/aromatic N) is 3. The molecule has 0 atom stereocenters. The van der Waals surface area contributed by atoms with E-state index in [1.807, 2.05) is 6.92 Å². The number of aliphatic imine (C=N–C) groups is 1. The third-order valence-corrected chi connectivity index (χ3v) is 4.06. The number of nitriles is 1. The van der Waals surface area contributed by atoms with Crippen molar-refractivity contribution in [3.8, 4) is 6.19 Å². The Bertz CT molecular complexity index is 591. The van der Waals surface area contributed by atoms with Crippen molar-refractivity contribution in [2.75, 3.05) is 11.9 Å². The number of hydrogen-bond acceptors (Lipinski definition) is 3. The molecular weight excluding hydrogens is 270 g/mol. The second-order valence-electron chi connectivity index (χ2n) is 5.78. The smallest absolute Gasteiger partial charge is 0.205 e. The first-order valence-corrected chi connectivity index (χ1v) is 7.91. The Morgan fingerprint density at radius 2 is 2.00 bits per heavy atom. The van der Waals surface area contributed by atoms with Gasteiger partial charge in [0, 0.05) is 24.1 Å². The Labute approximate surface area is 135 Å². The Kier molecular flexibility index (Phi) is 7.39. The molecule has 1 heterocycles. The molecule has 0 N–H and O–H groups in total. The quantitative estimate of drug-likeness (QED) is 0.575. The Morgan fingerprint density at radius 1 is 1.32 bits per heavy atom. The lowest BCUT2D eigenvalue weighted by Crippen LogP contribution is -2.21. The van der Waals surface area contributed by atoms with Crippen LogP contribution < -0.4 is 4.90 Å². The van der Waals surface area contributed by atoms with Crippen LogP contribution in [-0.4, -0.2) is 12.8 Å². The molecular formula is C19H27N3. The van der Waals surface area contributed by atoms with Crippen LogP contribution in [0, 0.1) is 11.5 Å². The maximum atomic E-state index is 8.10. The van der Waals surface area contributed by atoms with Gasteiger partial charge in [0.25, 0.3) is 0 Å². The topological polar surface area (TPSA) is 39.4 Å². The zero-order valence-corrected chi connectivity index (χ0v) is 14.5. The van der Waals surface area contributed by atoms with E-state index in [-0.39, 0.29) is 0 Å². The number of hydrogen-bond donors (Lipinski definition) is 0. The Morgan fingerprint density at radius 3 is 2.64 bits per heavy atom. The highest BCUT2D eigenvalue weighted by Crippen LogP contribution is 2.31. The van der Waals surface area contributed by atoms with Crippen molar-refractivity contribution in [3.63, 3.8) is 0 Å². The lowest BCUT2D eigenvalue weighted by atomic mass is 9.98. The average Bonchev–Trinajstić information content (AvgIpc) is 2.52. The van der Waals surface area contributed by atoms with E-state index in [2.05, 4.69) is 62.0 Å². The average molecular weight is 297 g/mol. The summed E-state index contributed by atoms with van der Waals surface area (Å²) in [6, 6.07) is 8.61. The summed E-state index contributed by atoms with van der Waals surface area (Å²) in [5.41, 5.74) is 6.60. The summed E-state index contributed by atoms with van der Waals surface area (Å²) in [7, 11) is 2.14. The molecule has 0 fully saturated rings. The maximum Gasteiger partial charge on any atom is 0.205 e. The number of rotatable bonds is 3. The molecule has 0 aromatic heterocycles. The van der Waals surface area contributed by atoms with Crippen molar-refractivity contribution in [1.29, 1.82) is 5.26 Å². The molecule has 0 bridgehead atoms. The van der Waals surface area contributed by atoms with Crippen LogP contribution in [0.2, 0.25) is 0 Å². The van der Waals surface area contributed by atoms with Gasteiger partial charge >= 0.3 is 0 Å². The van der Waals surface area contributed by atoms with Crippen LogP contribution in [-0.2, 0) is 6.42 Å². The number of anilines is 1. The van der Waals surface area contributed by atoms with Gasteiger partial charge in [-0.15, -0.1) is 0 Å².